The van der Waals surface area contributed by atoms with E-state index in [1.54, 1.807) is 12.4 Å². The summed E-state index contributed by atoms with van der Waals surface area (Å²) in [6.45, 7) is 1.05. The van der Waals surface area contributed by atoms with Crippen molar-refractivity contribution in [2.75, 3.05) is 5.32 Å². The van der Waals surface area contributed by atoms with Crippen molar-refractivity contribution in [1.82, 2.24) is 4.98 Å². The van der Waals surface area contributed by atoms with Gasteiger partial charge in [0.05, 0.1) is 11.9 Å². The second-order valence-electron chi connectivity index (χ2n) is 7.27. The third kappa shape index (κ3) is 7.45. The fourth-order valence-corrected chi connectivity index (χ4v) is 3.33. The second kappa shape index (κ2) is 11.7. The molecule has 0 saturated carbocycles. The molecule has 0 aromatic carbocycles. The van der Waals surface area contributed by atoms with Gasteiger partial charge in [-0.15, -0.1) is 0 Å². The molecule has 5 nitrogen and oxygen atoms in total. The van der Waals surface area contributed by atoms with E-state index in [4.69, 9.17) is 0 Å². The van der Waals surface area contributed by atoms with Crippen LogP contribution in [0.5, 0.6) is 0 Å². The first-order chi connectivity index (χ1) is 14.3. The molecule has 0 aliphatic heterocycles. The van der Waals surface area contributed by atoms with Gasteiger partial charge >= 0.3 is 0 Å². The average Bonchev–Trinajstić information content (AvgIpc) is 2.77. The molecule has 0 atom stereocenters. The first-order valence-corrected chi connectivity index (χ1v) is 10.5. The summed E-state index contributed by atoms with van der Waals surface area (Å²) >= 11 is 0. The van der Waals surface area contributed by atoms with Gasteiger partial charge in [0.25, 0.3) is 0 Å². The van der Waals surface area contributed by atoms with Gasteiger partial charge in [-0.05, 0) is 36.1 Å². The lowest BCUT2D eigenvalue weighted by Gasteiger charge is -2.04. The summed E-state index contributed by atoms with van der Waals surface area (Å²) < 4.78 is 2.25. The topological polar surface area (TPSA) is 60.0 Å². The molecule has 0 unspecified atom stereocenters. The summed E-state index contributed by atoms with van der Waals surface area (Å²) in [5, 5.41) is 2.88. The van der Waals surface area contributed by atoms with Crippen LogP contribution in [0.25, 0.3) is 11.1 Å². The van der Waals surface area contributed by atoms with Gasteiger partial charge in [0.15, 0.2) is 24.8 Å². The van der Waals surface area contributed by atoms with Crippen molar-refractivity contribution in [3.8, 4) is 11.1 Å². The highest BCUT2D eigenvalue weighted by atomic mass is 16.1. The molecule has 1 amide bonds. The SMILES string of the molecule is O=C(CCCCCCCC[n+]1ccc(-c2cc[nH+]cc2)cc1)Nc1cccnc1. The zero-order chi connectivity index (χ0) is 20.2. The van der Waals surface area contributed by atoms with Gasteiger partial charge in [-0.25, -0.2) is 9.55 Å². The van der Waals surface area contributed by atoms with Gasteiger partial charge in [0.2, 0.25) is 5.91 Å². The molecule has 0 fully saturated rings. The van der Waals surface area contributed by atoms with E-state index < -0.39 is 0 Å². The number of H-pyrrole nitrogens is 1. The molecule has 2 N–H and O–H groups in total. The maximum Gasteiger partial charge on any atom is 0.224 e. The lowest BCUT2D eigenvalue weighted by molar-refractivity contribution is -0.697. The number of hydrogen-bond donors (Lipinski definition) is 1. The Labute approximate surface area is 172 Å². The number of hydrogen-bond acceptors (Lipinski definition) is 2. The molecule has 0 aliphatic rings. The van der Waals surface area contributed by atoms with E-state index in [1.807, 2.05) is 24.5 Å². The van der Waals surface area contributed by atoms with E-state index in [9.17, 15) is 4.79 Å². The number of pyridine rings is 3. The van der Waals surface area contributed by atoms with E-state index in [2.05, 4.69) is 56.5 Å². The second-order valence-corrected chi connectivity index (χ2v) is 7.27. The number of aryl methyl sites for hydroxylation is 1. The fourth-order valence-electron chi connectivity index (χ4n) is 3.33. The minimum absolute atomic E-state index is 0.0754. The van der Waals surface area contributed by atoms with Gasteiger partial charge in [-0.1, -0.05) is 19.3 Å². The number of aromatic amines is 1. The predicted molar refractivity (Wildman–Crippen MR) is 114 cm³/mol. The van der Waals surface area contributed by atoms with E-state index in [1.165, 1.54) is 36.8 Å². The summed E-state index contributed by atoms with van der Waals surface area (Å²) in [6.07, 6.45) is 19.0. The highest BCUT2D eigenvalue weighted by Gasteiger charge is 2.04. The van der Waals surface area contributed by atoms with E-state index in [0.717, 1.165) is 25.1 Å². The Balaban J connectivity index is 1.23. The number of carbonyl (C=O) groups excluding carboxylic acids is 1. The third-order valence-corrected chi connectivity index (χ3v) is 4.96. The van der Waals surface area contributed by atoms with Crippen LogP contribution in [0, 0.1) is 0 Å². The van der Waals surface area contributed by atoms with Gasteiger partial charge in [0, 0.05) is 43.3 Å². The monoisotopic (exact) mass is 390 g/mol. The Kier molecular flexibility index (Phi) is 8.33. The Morgan fingerprint density at radius 3 is 2.31 bits per heavy atom. The van der Waals surface area contributed by atoms with Gasteiger partial charge < -0.3 is 5.32 Å². The highest BCUT2D eigenvalue weighted by Crippen LogP contribution is 2.15. The maximum absolute atomic E-state index is 11.9. The minimum Gasteiger partial charge on any atom is -0.325 e. The highest BCUT2D eigenvalue weighted by molar-refractivity contribution is 5.90. The quantitative estimate of drug-likeness (QED) is 0.394. The Morgan fingerprint density at radius 2 is 1.59 bits per heavy atom. The van der Waals surface area contributed by atoms with E-state index in [0.29, 0.717) is 6.42 Å². The molecule has 3 heterocycles. The lowest BCUT2D eigenvalue weighted by Crippen LogP contribution is -2.32. The first kappa shape index (κ1) is 20.6. The van der Waals surface area contributed by atoms with Crippen LogP contribution in [0.4, 0.5) is 5.69 Å². The molecule has 3 aromatic heterocycles. The molecule has 0 spiro atoms. The van der Waals surface area contributed by atoms with Crippen molar-refractivity contribution >= 4 is 11.6 Å². The van der Waals surface area contributed by atoms with Crippen molar-refractivity contribution in [1.29, 1.82) is 0 Å². The van der Waals surface area contributed by atoms with E-state index in [-0.39, 0.29) is 5.91 Å². The van der Waals surface area contributed by atoms with Crippen molar-refractivity contribution in [3.05, 3.63) is 73.6 Å². The number of anilines is 1. The Morgan fingerprint density at radius 1 is 0.897 bits per heavy atom. The molecule has 0 radical (unpaired) electrons. The van der Waals surface area contributed by atoms with E-state index >= 15 is 0 Å². The number of carbonyl (C=O) groups is 1. The van der Waals surface area contributed by atoms with Crippen LogP contribution in [-0.2, 0) is 11.3 Å². The smallest absolute Gasteiger partial charge is 0.224 e. The van der Waals surface area contributed by atoms with Crippen LogP contribution in [0.15, 0.2) is 73.6 Å². The predicted octanol–water partition coefficient (Wildman–Crippen LogP) is 4.22. The number of unbranched alkanes of at least 4 members (excludes halogenated alkanes) is 5. The lowest BCUT2D eigenvalue weighted by atomic mass is 10.1. The molecule has 29 heavy (non-hydrogen) atoms. The van der Waals surface area contributed by atoms with Crippen molar-refractivity contribution in [3.63, 3.8) is 0 Å². The number of aromatic nitrogens is 3. The molecular formula is C24H30N4O+2. The maximum atomic E-state index is 11.9. The molecule has 0 saturated heterocycles. The van der Waals surface area contributed by atoms with Crippen LogP contribution in [0.1, 0.15) is 44.9 Å². The molecule has 0 bridgehead atoms. The minimum atomic E-state index is 0.0754. The van der Waals surface area contributed by atoms with Crippen molar-refractivity contribution < 1.29 is 14.3 Å². The van der Waals surface area contributed by atoms with Crippen molar-refractivity contribution in [2.24, 2.45) is 0 Å². The van der Waals surface area contributed by atoms with Crippen LogP contribution >= 0.6 is 0 Å². The number of nitrogens with zero attached hydrogens (tertiary/aromatic N) is 2. The number of rotatable bonds is 11. The summed E-state index contributed by atoms with van der Waals surface area (Å²) in [5.74, 6) is 0.0754. The third-order valence-electron chi connectivity index (χ3n) is 4.96. The zero-order valence-corrected chi connectivity index (χ0v) is 16.9. The largest absolute Gasteiger partial charge is 0.325 e. The number of nitrogens with one attached hydrogen (secondary N) is 2. The molecule has 150 valence electrons. The first-order valence-electron chi connectivity index (χ1n) is 10.5. The van der Waals surface area contributed by atoms with Gasteiger partial charge in [-0.2, -0.15) is 0 Å². The van der Waals surface area contributed by atoms with Gasteiger partial charge in [0.1, 0.15) is 6.54 Å². The number of amides is 1. The summed E-state index contributed by atoms with van der Waals surface area (Å²) in [6, 6.07) is 12.2. The molecule has 0 aliphatic carbocycles. The average molecular weight is 391 g/mol. The van der Waals surface area contributed by atoms with Gasteiger partial charge in [-0.3, -0.25) is 9.78 Å². The van der Waals surface area contributed by atoms with Crippen LogP contribution in [0.2, 0.25) is 0 Å². The molecule has 3 aromatic rings. The van der Waals surface area contributed by atoms with Crippen LogP contribution < -0.4 is 14.9 Å². The Bertz CT molecular complexity index is 851. The van der Waals surface area contributed by atoms with Crippen LogP contribution in [-0.4, -0.2) is 10.9 Å². The normalized spacial score (nSPS) is 10.6. The summed E-state index contributed by atoms with van der Waals surface area (Å²) in [4.78, 5) is 18.9. The zero-order valence-electron chi connectivity index (χ0n) is 16.9. The standard InChI is InChI=1S/C24H28N4O/c29-24(27-23-8-7-14-26-20-23)9-5-3-1-2-4-6-17-28-18-12-22(13-19-28)21-10-15-25-16-11-21/h7-8,10-16,18-20H,1-6,9,17H2/p+2. The molecule has 5 heteroatoms. The summed E-state index contributed by atoms with van der Waals surface area (Å²) in [7, 11) is 0. The molecular weight excluding hydrogens is 360 g/mol. The van der Waals surface area contributed by atoms with Crippen molar-refractivity contribution in [2.45, 2.75) is 51.5 Å². The fraction of sp³-hybridized carbons (Fsp3) is 0.333. The van der Waals surface area contributed by atoms with Crippen LogP contribution in [0.3, 0.4) is 0 Å². The summed E-state index contributed by atoms with van der Waals surface area (Å²) in [5.41, 5.74) is 3.23. The molecule has 3 rings (SSSR count). The Hall–Kier alpha value is -3.08.